The SMILES string of the molecule is [2H]C([2H])(Oc1cccc2c1CN(C1CCC(=O)NC1=O)C2=O)c1ccc(C([2H])([2H])N2CCOCC2)cc1. The average Bonchev–Trinajstić information content (AvgIpc) is 3.21. The van der Waals surface area contributed by atoms with Gasteiger partial charge in [0.15, 0.2) is 0 Å². The van der Waals surface area contributed by atoms with E-state index in [1.165, 1.54) is 17.0 Å². The molecule has 8 heteroatoms. The predicted octanol–water partition coefficient (Wildman–Crippen LogP) is 1.86. The molecule has 2 saturated heterocycles. The summed E-state index contributed by atoms with van der Waals surface area (Å²) in [6, 6.07) is 10.1. The molecule has 3 amide bonds. The third-order valence-electron chi connectivity index (χ3n) is 6.00. The Balaban J connectivity index is 1.34. The number of imide groups is 1. The number of carbonyl (C=O) groups excluding carboxylic acids is 3. The summed E-state index contributed by atoms with van der Waals surface area (Å²) in [5, 5.41) is 2.26. The van der Waals surface area contributed by atoms with Gasteiger partial charge in [-0.15, -0.1) is 0 Å². The fourth-order valence-electron chi connectivity index (χ4n) is 4.24. The van der Waals surface area contributed by atoms with Gasteiger partial charge in [-0.2, -0.15) is 0 Å². The van der Waals surface area contributed by atoms with E-state index in [0.29, 0.717) is 43.0 Å². The Morgan fingerprint density at radius 1 is 1.06 bits per heavy atom. The van der Waals surface area contributed by atoms with Crippen molar-refractivity contribution in [2.24, 2.45) is 0 Å². The zero-order valence-corrected chi connectivity index (χ0v) is 18.0. The van der Waals surface area contributed by atoms with Crippen LogP contribution in [0.2, 0.25) is 0 Å². The van der Waals surface area contributed by atoms with E-state index < -0.39 is 25.0 Å². The van der Waals surface area contributed by atoms with Gasteiger partial charge in [0, 0.05) is 39.9 Å². The molecule has 0 aromatic heterocycles. The molecule has 3 aliphatic rings. The van der Waals surface area contributed by atoms with E-state index in [9.17, 15) is 14.4 Å². The van der Waals surface area contributed by atoms with Crippen molar-refractivity contribution in [1.29, 1.82) is 0 Å². The number of nitrogens with one attached hydrogen (secondary N) is 1. The van der Waals surface area contributed by atoms with E-state index >= 15 is 0 Å². The summed E-state index contributed by atoms with van der Waals surface area (Å²) in [6.45, 7) is -2.09. The highest BCUT2D eigenvalue weighted by Gasteiger charge is 2.40. The smallest absolute Gasteiger partial charge is 0.255 e. The lowest BCUT2D eigenvalue weighted by Gasteiger charge is -2.29. The molecule has 172 valence electrons. The third kappa shape index (κ3) is 4.62. The van der Waals surface area contributed by atoms with Gasteiger partial charge in [-0.3, -0.25) is 24.6 Å². The minimum Gasteiger partial charge on any atom is -0.489 e. The predicted molar refractivity (Wildman–Crippen MR) is 119 cm³/mol. The molecule has 2 aromatic carbocycles. The van der Waals surface area contributed by atoms with Gasteiger partial charge < -0.3 is 14.4 Å². The van der Waals surface area contributed by atoms with Crippen LogP contribution in [0, 0.1) is 0 Å². The lowest BCUT2D eigenvalue weighted by molar-refractivity contribution is -0.136. The topological polar surface area (TPSA) is 88.2 Å². The van der Waals surface area contributed by atoms with Crippen molar-refractivity contribution >= 4 is 17.7 Å². The fraction of sp³-hybridized carbons (Fsp3) is 0.400. The number of ether oxygens (including phenoxy) is 2. The summed E-state index contributed by atoms with van der Waals surface area (Å²) in [7, 11) is 0. The highest BCUT2D eigenvalue weighted by atomic mass is 16.5. The quantitative estimate of drug-likeness (QED) is 0.672. The Kier molecular flexibility index (Phi) is 4.88. The molecular formula is C25H27N3O5. The van der Waals surface area contributed by atoms with Crippen LogP contribution in [0.3, 0.4) is 0 Å². The van der Waals surface area contributed by atoms with Gasteiger partial charge in [-0.05, 0) is 29.7 Å². The van der Waals surface area contributed by atoms with Gasteiger partial charge in [0.25, 0.3) is 5.91 Å². The standard InChI is InChI=1S/C25H27N3O5/c29-23-9-8-21(24(30)26-23)28-15-20-19(25(28)31)2-1-3-22(20)33-16-18-6-4-17(5-7-18)14-27-10-12-32-13-11-27/h1-7,21H,8-16H2,(H,26,29,30)/i14D2,16D2. The minimum atomic E-state index is -2.27. The Morgan fingerprint density at radius 2 is 1.82 bits per heavy atom. The molecule has 0 bridgehead atoms. The van der Waals surface area contributed by atoms with E-state index in [2.05, 4.69) is 5.32 Å². The molecular weight excluding hydrogens is 422 g/mol. The third-order valence-corrected chi connectivity index (χ3v) is 6.00. The Hall–Kier alpha value is -3.23. The molecule has 0 radical (unpaired) electrons. The molecule has 1 unspecified atom stereocenters. The molecule has 1 atom stereocenters. The first-order valence-corrected chi connectivity index (χ1v) is 11.0. The summed E-state index contributed by atoms with van der Waals surface area (Å²) in [5.41, 5.74) is 1.39. The van der Waals surface area contributed by atoms with Crippen LogP contribution in [0.4, 0.5) is 0 Å². The van der Waals surface area contributed by atoms with Gasteiger partial charge in [-0.1, -0.05) is 30.3 Å². The van der Waals surface area contributed by atoms with Crippen molar-refractivity contribution in [2.75, 3.05) is 26.3 Å². The van der Waals surface area contributed by atoms with Crippen molar-refractivity contribution in [3.8, 4) is 5.75 Å². The van der Waals surface area contributed by atoms with Gasteiger partial charge in [0.05, 0.1) is 22.5 Å². The fourth-order valence-corrected chi connectivity index (χ4v) is 4.24. The summed E-state index contributed by atoms with van der Waals surface area (Å²) >= 11 is 0. The molecule has 8 nitrogen and oxygen atoms in total. The van der Waals surface area contributed by atoms with Gasteiger partial charge >= 0.3 is 0 Å². The van der Waals surface area contributed by atoms with E-state index in [0.717, 1.165) is 0 Å². The number of carbonyl (C=O) groups is 3. The lowest BCUT2D eigenvalue weighted by atomic mass is 10.0. The first-order chi connectivity index (χ1) is 17.6. The van der Waals surface area contributed by atoms with Crippen LogP contribution in [0.1, 0.15) is 45.4 Å². The molecule has 2 fully saturated rings. The van der Waals surface area contributed by atoms with Crippen molar-refractivity contribution in [2.45, 2.75) is 38.5 Å². The van der Waals surface area contributed by atoms with Gasteiger partial charge in [0.2, 0.25) is 11.8 Å². The van der Waals surface area contributed by atoms with Crippen molar-refractivity contribution in [3.05, 3.63) is 64.7 Å². The number of amides is 3. The van der Waals surface area contributed by atoms with E-state index in [1.807, 2.05) is 0 Å². The van der Waals surface area contributed by atoms with Gasteiger partial charge in [-0.25, -0.2) is 0 Å². The molecule has 3 aliphatic heterocycles. The van der Waals surface area contributed by atoms with E-state index in [-0.39, 0.29) is 42.5 Å². The number of nitrogens with zero attached hydrogens (tertiary/aromatic N) is 2. The number of hydrogen-bond donors (Lipinski definition) is 1. The number of piperidine rings is 1. The molecule has 0 saturated carbocycles. The number of fused-ring (bicyclic) bond motifs is 1. The number of rotatable bonds is 6. The molecule has 0 spiro atoms. The molecule has 1 N–H and O–H groups in total. The van der Waals surface area contributed by atoms with E-state index in [4.69, 9.17) is 15.0 Å². The normalized spacial score (nSPS) is 23.8. The number of morpholine rings is 1. The second kappa shape index (κ2) is 9.33. The molecule has 33 heavy (non-hydrogen) atoms. The summed E-state index contributed by atoms with van der Waals surface area (Å²) in [6.07, 6.45) is 0.369. The van der Waals surface area contributed by atoms with Crippen molar-refractivity contribution in [3.63, 3.8) is 0 Å². The monoisotopic (exact) mass is 453 g/mol. The molecule has 3 heterocycles. The zero-order chi connectivity index (χ0) is 26.4. The van der Waals surface area contributed by atoms with Crippen LogP contribution in [0.25, 0.3) is 0 Å². The number of hydrogen-bond acceptors (Lipinski definition) is 6. The molecule has 0 aliphatic carbocycles. The second-order valence-corrected chi connectivity index (χ2v) is 8.17. The molecule has 2 aromatic rings. The first kappa shape index (κ1) is 17.3. The maximum atomic E-state index is 13.0. The highest BCUT2D eigenvalue weighted by molar-refractivity contribution is 6.05. The Labute approximate surface area is 198 Å². The summed E-state index contributed by atoms with van der Waals surface area (Å²) < 4.78 is 45.3. The van der Waals surface area contributed by atoms with Crippen LogP contribution in [0.15, 0.2) is 42.5 Å². The van der Waals surface area contributed by atoms with Crippen LogP contribution >= 0.6 is 0 Å². The zero-order valence-electron chi connectivity index (χ0n) is 22.0. The minimum absolute atomic E-state index is 0.0609. The van der Waals surface area contributed by atoms with Crippen molar-refractivity contribution < 1.29 is 29.3 Å². The highest BCUT2D eigenvalue weighted by Crippen LogP contribution is 2.34. The maximum absolute atomic E-state index is 13.0. The van der Waals surface area contributed by atoms with Crippen LogP contribution in [-0.2, 0) is 33.9 Å². The lowest BCUT2D eigenvalue weighted by Crippen LogP contribution is -2.52. The van der Waals surface area contributed by atoms with Crippen LogP contribution < -0.4 is 10.1 Å². The summed E-state index contributed by atoms with van der Waals surface area (Å²) in [5.74, 6) is -1.08. The van der Waals surface area contributed by atoms with Crippen molar-refractivity contribution in [1.82, 2.24) is 15.1 Å². The van der Waals surface area contributed by atoms with E-state index in [1.54, 1.807) is 35.2 Å². The first-order valence-electron chi connectivity index (χ1n) is 13.0. The van der Waals surface area contributed by atoms with Crippen LogP contribution in [0.5, 0.6) is 5.75 Å². The second-order valence-electron chi connectivity index (χ2n) is 8.17. The number of benzene rings is 2. The maximum Gasteiger partial charge on any atom is 0.255 e. The van der Waals surface area contributed by atoms with Gasteiger partial charge in [0.1, 0.15) is 18.4 Å². The summed E-state index contributed by atoms with van der Waals surface area (Å²) in [4.78, 5) is 40.0. The average molecular weight is 454 g/mol. The largest absolute Gasteiger partial charge is 0.489 e. The Morgan fingerprint density at radius 3 is 2.58 bits per heavy atom. The van der Waals surface area contributed by atoms with Crippen LogP contribution in [-0.4, -0.2) is 59.9 Å². The Bertz CT molecular complexity index is 1230. The molecule has 5 rings (SSSR count).